The van der Waals surface area contributed by atoms with E-state index in [0.717, 1.165) is 44.9 Å². The molecular formula is C68H129NO5. The molecule has 6 heteroatoms. The van der Waals surface area contributed by atoms with Gasteiger partial charge in [-0.25, -0.2) is 0 Å². The number of amides is 1. The Morgan fingerprint density at radius 2 is 0.635 bits per heavy atom. The van der Waals surface area contributed by atoms with E-state index in [-0.39, 0.29) is 18.5 Å². The average molecular weight is 1040 g/mol. The predicted molar refractivity (Wildman–Crippen MR) is 324 cm³/mol. The van der Waals surface area contributed by atoms with Crippen molar-refractivity contribution in [3.8, 4) is 0 Å². The number of carbonyl (C=O) groups excluding carboxylic acids is 2. The first kappa shape index (κ1) is 72.1. The van der Waals surface area contributed by atoms with Gasteiger partial charge in [-0.2, -0.15) is 0 Å². The van der Waals surface area contributed by atoms with Crippen LogP contribution < -0.4 is 5.32 Å². The molecule has 0 bridgehead atoms. The van der Waals surface area contributed by atoms with Crippen molar-refractivity contribution >= 4 is 11.9 Å². The molecule has 436 valence electrons. The van der Waals surface area contributed by atoms with E-state index in [4.69, 9.17) is 4.74 Å². The molecule has 0 rings (SSSR count). The maximum absolute atomic E-state index is 12.4. The maximum atomic E-state index is 12.4. The van der Waals surface area contributed by atoms with E-state index in [9.17, 15) is 19.8 Å². The van der Waals surface area contributed by atoms with E-state index in [0.29, 0.717) is 19.4 Å². The van der Waals surface area contributed by atoms with Gasteiger partial charge >= 0.3 is 5.97 Å². The highest BCUT2D eigenvalue weighted by atomic mass is 16.5. The molecule has 0 aromatic heterocycles. The highest BCUT2D eigenvalue weighted by molar-refractivity contribution is 5.76. The van der Waals surface area contributed by atoms with Crippen LogP contribution in [0.25, 0.3) is 0 Å². The van der Waals surface area contributed by atoms with Crippen LogP contribution in [-0.2, 0) is 14.3 Å². The number of hydrogen-bond acceptors (Lipinski definition) is 5. The molecule has 0 aromatic carbocycles. The standard InChI is InChI=1S/C68H129NO5/c1-3-5-7-9-11-13-15-17-18-19-28-32-35-38-42-46-50-54-58-62-68(73)74-63-59-55-51-47-43-39-36-33-30-27-25-23-21-20-22-24-26-29-31-34-37-41-45-49-53-57-61-67(72)69-65(64-70)66(71)60-56-52-48-44-40-16-14-12-10-8-6-4-2/h17-18,20,22,56,60,65-66,70-71H,3-16,19,21,23-55,57-59,61-64H2,1-2H3,(H,69,72)/b18-17-,22-20-,60-56+. The van der Waals surface area contributed by atoms with Crippen LogP contribution in [-0.4, -0.2) is 47.4 Å². The number of unbranched alkanes of at least 4 members (excludes halogenated alkanes) is 47. The zero-order valence-electron chi connectivity index (χ0n) is 49.8. The molecular weight excluding hydrogens is 911 g/mol. The zero-order chi connectivity index (χ0) is 53.6. The summed E-state index contributed by atoms with van der Waals surface area (Å²) in [6.07, 6.45) is 80.7. The van der Waals surface area contributed by atoms with Gasteiger partial charge in [-0.15, -0.1) is 0 Å². The molecule has 6 nitrogen and oxygen atoms in total. The normalized spacial score (nSPS) is 12.8. The number of hydrogen-bond donors (Lipinski definition) is 3. The number of carbonyl (C=O) groups is 2. The molecule has 0 aliphatic heterocycles. The lowest BCUT2D eigenvalue weighted by Gasteiger charge is -2.20. The number of aliphatic hydroxyl groups excluding tert-OH is 2. The Hall–Kier alpha value is -1.92. The molecule has 0 aliphatic carbocycles. The summed E-state index contributed by atoms with van der Waals surface area (Å²) in [6, 6.07) is -0.628. The summed E-state index contributed by atoms with van der Waals surface area (Å²) in [4.78, 5) is 24.5. The molecule has 2 atom stereocenters. The number of rotatable bonds is 62. The Morgan fingerprint density at radius 3 is 0.959 bits per heavy atom. The first-order valence-corrected chi connectivity index (χ1v) is 33.3. The monoisotopic (exact) mass is 1040 g/mol. The Balaban J connectivity index is 3.37. The van der Waals surface area contributed by atoms with Gasteiger partial charge in [-0.05, 0) is 83.5 Å². The Kier molecular flexibility index (Phi) is 62.0. The second-order valence-corrected chi connectivity index (χ2v) is 22.8. The highest BCUT2D eigenvalue weighted by Gasteiger charge is 2.18. The number of allylic oxidation sites excluding steroid dienone is 5. The van der Waals surface area contributed by atoms with Crippen molar-refractivity contribution < 1.29 is 24.5 Å². The van der Waals surface area contributed by atoms with Crippen LogP contribution in [0.3, 0.4) is 0 Å². The molecule has 0 aromatic rings. The van der Waals surface area contributed by atoms with Gasteiger partial charge in [0.1, 0.15) is 0 Å². The fraction of sp³-hybridized carbons (Fsp3) is 0.882. The third-order valence-corrected chi connectivity index (χ3v) is 15.4. The van der Waals surface area contributed by atoms with Gasteiger partial charge in [-0.3, -0.25) is 9.59 Å². The summed E-state index contributed by atoms with van der Waals surface area (Å²) in [5, 5.41) is 23.1. The minimum atomic E-state index is -0.845. The van der Waals surface area contributed by atoms with Gasteiger partial charge in [0.25, 0.3) is 0 Å². The van der Waals surface area contributed by atoms with Crippen LogP contribution in [0.15, 0.2) is 36.5 Å². The molecule has 0 fully saturated rings. The van der Waals surface area contributed by atoms with Crippen LogP contribution in [0.2, 0.25) is 0 Å². The van der Waals surface area contributed by atoms with Crippen molar-refractivity contribution in [1.29, 1.82) is 0 Å². The molecule has 0 saturated carbocycles. The van der Waals surface area contributed by atoms with Gasteiger partial charge in [0.05, 0.1) is 25.4 Å². The summed E-state index contributed by atoms with van der Waals surface area (Å²) < 4.78 is 5.50. The maximum Gasteiger partial charge on any atom is 0.305 e. The number of ether oxygens (including phenoxy) is 1. The largest absolute Gasteiger partial charge is 0.466 e. The molecule has 2 unspecified atom stereocenters. The minimum Gasteiger partial charge on any atom is -0.466 e. The summed E-state index contributed by atoms with van der Waals surface area (Å²) in [7, 11) is 0. The van der Waals surface area contributed by atoms with Gasteiger partial charge in [0, 0.05) is 12.8 Å². The minimum absolute atomic E-state index is 0.0137. The van der Waals surface area contributed by atoms with E-state index < -0.39 is 12.1 Å². The third-order valence-electron chi connectivity index (χ3n) is 15.4. The Labute approximate surface area is 462 Å². The zero-order valence-corrected chi connectivity index (χ0v) is 49.8. The van der Waals surface area contributed by atoms with Crippen LogP contribution in [0.4, 0.5) is 0 Å². The summed E-state index contributed by atoms with van der Waals surface area (Å²) in [5.41, 5.74) is 0. The summed E-state index contributed by atoms with van der Waals surface area (Å²) in [6.45, 7) is 4.91. The highest BCUT2D eigenvalue weighted by Crippen LogP contribution is 2.17. The first-order chi connectivity index (χ1) is 36.5. The topological polar surface area (TPSA) is 95.9 Å². The molecule has 0 spiro atoms. The van der Waals surface area contributed by atoms with E-state index in [1.807, 2.05) is 6.08 Å². The van der Waals surface area contributed by atoms with Crippen molar-refractivity contribution in [3.63, 3.8) is 0 Å². The third kappa shape index (κ3) is 59.3. The number of esters is 1. The summed E-state index contributed by atoms with van der Waals surface area (Å²) in [5.74, 6) is -0.0561. The van der Waals surface area contributed by atoms with Crippen molar-refractivity contribution in [2.75, 3.05) is 13.2 Å². The molecule has 3 N–H and O–H groups in total. The van der Waals surface area contributed by atoms with Crippen LogP contribution in [0.5, 0.6) is 0 Å². The lowest BCUT2D eigenvalue weighted by molar-refractivity contribution is -0.143. The molecule has 1 amide bonds. The quantitative estimate of drug-likeness (QED) is 0.0320. The fourth-order valence-corrected chi connectivity index (χ4v) is 10.3. The number of aliphatic hydroxyl groups is 2. The molecule has 0 heterocycles. The average Bonchev–Trinajstić information content (AvgIpc) is 3.40. The number of nitrogens with one attached hydrogen (secondary N) is 1. The van der Waals surface area contributed by atoms with Crippen LogP contribution in [0, 0.1) is 0 Å². The van der Waals surface area contributed by atoms with E-state index in [1.54, 1.807) is 6.08 Å². The second kappa shape index (κ2) is 63.6. The molecule has 0 saturated heterocycles. The Bertz CT molecular complexity index is 1200. The van der Waals surface area contributed by atoms with Crippen LogP contribution in [0.1, 0.15) is 361 Å². The lowest BCUT2D eigenvalue weighted by atomic mass is 10.0. The fourth-order valence-electron chi connectivity index (χ4n) is 10.3. The van der Waals surface area contributed by atoms with Gasteiger partial charge in [-0.1, -0.05) is 301 Å². The van der Waals surface area contributed by atoms with Crippen molar-refractivity contribution in [1.82, 2.24) is 5.32 Å². The van der Waals surface area contributed by atoms with E-state index in [2.05, 4.69) is 43.5 Å². The Morgan fingerprint density at radius 1 is 0.365 bits per heavy atom. The van der Waals surface area contributed by atoms with E-state index >= 15 is 0 Å². The van der Waals surface area contributed by atoms with Gasteiger partial charge in [0.15, 0.2) is 0 Å². The van der Waals surface area contributed by atoms with Gasteiger partial charge < -0.3 is 20.3 Å². The SMILES string of the molecule is CCCCCCCC/C=C\CCCCCCCCCCCC(=O)OCCCCCCCCCCCCCC/C=C\CCCCCCCCCCCCC(=O)NC(CO)C(O)/C=C/CCCCCCCCCCCC. The molecule has 0 radical (unpaired) electrons. The second-order valence-electron chi connectivity index (χ2n) is 22.8. The summed E-state index contributed by atoms with van der Waals surface area (Å²) >= 11 is 0. The predicted octanol–water partition coefficient (Wildman–Crippen LogP) is 21.1. The first-order valence-electron chi connectivity index (χ1n) is 33.3. The van der Waals surface area contributed by atoms with Crippen molar-refractivity contribution in [3.05, 3.63) is 36.5 Å². The van der Waals surface area contributed by atoms with Crippen molar-refractivity contribution in [2.24, 2.45) is 0 Å². The lowest BCUT2D eigenvalue weighted by Crippen LogP contribution is -2.45. The smallest absolute Gasteiger partial charge is 0.305 e. The molecule has 0 aliphatic rings. The van der Waals surface area contributed by atoms with Gasteiger partial charge in [0.2, 0.25) is 5.91 Å². The molecule has 74 heavy (non-hydrogen) atoms. The van der Waals surface area contributed by atoms with Crippen LogP contribution >= 0.6 is 0 Å². The van der Waals surface area contributed by atoms with E-state index in [1.165, 1.54) is 289 Å². The van der Waals surface area contributed by atoms with Crippen molar-refractivity contribution in [2.45, 2.75) is 373 Å².